The standard InChI is InChI=1S/C11H18N4O/c1-7-4-8(2)6-15(5-7)11-12-10(16)9(3)13-14-11/h7-8H,4-6H2,1-3H3,(H,12,14,16). The Bertz CT molecular complexity index is 418. The highest BCUT2D eigenvalue weighted by atomic mass is 16.1. The van der Waals surface area contributed by atoms with Crippen LogP contribution in [0.2, 0.25) is 0 Å². The summed E-state index contributed by atoms with van der Waals surface area (Å²) < 4.78 is 0. The van der Waals surface area contributed by atoms with E-state index in [1.54, 1.807) is 6.92 Å². The van der Waals surface area contributed by atoms with Gasteiger partial charge in [0.1, 0.15) is 5.69 Å². The zero-order chi connectivity index (χ0) is 11.7. The summed E-state index contributed by atoms with van der Waals surface area (Å²) in [7, 11) is 0. The highest BCUT2D eigenvalue weighted by molar-refractivity contribution is 5.28. The maximum Gasteiger partial charge on any atom is 0.273 e. The lowest BCUT2D eigenvalue weighted by molar-refractivity contribution is 0.352. The smallest absolute Gasteiger partial charge is 0.273 e. The van der Waals surface area contributed by atoms with Crippen molar-refractivity contribution in [3.05, 3.63) is 16.0 Å². The van der Waals surface area contributed by atoms with Gasteiger partial charge in [0.05, 0.1) is 0 Å². The van der Waals surface area contributed by atoms with E-state index in [2.05, 4.69) is 33.9 Å². The fourth-order valence-corrected chi connectivity index (χ4v) is 2.36. The molecular formula is C11H18N4O. The van der Waals surface area contributed by atoms with Gasteiger partial charge in [-0.1, -0.05) is 13.8 Å². The average Bonchev–Trinajstić information content (AvgIpc) is 2.20. The van der Waals surface area contributed by atoms with Crippen LogP contribution in [0, 0.1) is 18.8 Å². The van der Waals surface area contributed by atoms with E-state index in [4.69, 9.17) is 0 Å². The second-order valence-corrected chi connectivity index (χ2v) is 4.91. The largest absolute Gasteiger partial charge is 0.341 e. The van der Waals surface area contributed by atoms with Crippen LogP contribution in [0.3, 0.4) is 0 Å². The van der Waals surface area contributed by atoms with Gasteiger partial charge in [0.15, 0.2) is 0 Å². The predicted molar refractivity (Wildman–Crippen MR) is 62.5 cm³/mol. The maximum absolute atomic E-state index is 11.5. The summed E-state index contributed by atoms with van der Waals surface area (Å²) in [5.41, 5.74) is 0.276. The van der Waals surface area contributed by atoms with Gasteiger partial charge >= 0.3 is 0 Å². The number of hydrogen-bond donors (Lipinski definition) is 1. The molecule has 0 amide bonds. The van der Waals surface area contributed by atoms with E-state index in [9.17, 15) is 4.79 Å². The third-order valence-electron chi connectivity index (χ3n) is 3.02. The Hall–Kier alpha value is -1.39. The van der Waals surface area contributed by atoms with Gasteiger partial charge in [0.2, 0.25) is 5.95 Å². The molecule has 1 saturated heterocycles. The highest BCUT2D eigenvalue weighted by Crippen LogP contribution is 2.22. The fraction of sp³-hybridized carbons (Fsp3) is 0.727. The van der Waals surface area contributed by atoms with Crippen molar-refractivity contribution in [2.24, 2.45) is 11.8 Å². The van der Waals surface area contributed by atoms with Crippen molar-refractivity contribution in [2.75, 3.05) is 18.0 Å². The normalized spacial score (nSPS) is 25.8. The molecule has 5 nitrogen and oxygen atoms in total. The van der Waals surface area contributed by atoms with Crippen molar-refractivity contribution in [1.82, 2.24) is 15.2 Å². The molecular weight excluding hydrogens is 204 g/mol. The number of anilines is 1. The van der Waals surface area contributed by atoms with Crippen molar-refractivity contribution in [2.45, 2.75) is 27.2 Å². The Labute approximate surface area is 94.9 Å². The molecule has 1 aromatic rings. The fourth-order valence-electron chi connectivity index (χ4n) is 2.36. The van der Waals surface area contributed by atoms with Gasteiger partial charge in [0.25, 0.3) is 5.56 Å². The topological polar surface area (TPSA) is 61.9 Å². The number of piperidine rings is 1. The Morgan fingerprint density at radius 3 is 2.44 bits per heavy atom. The van der Waals surface area contributed by atoms with Crippen molar-refractivity contribution < 1.29 is 0 Å². The molecule has 1 aliphatic rings. The van der Waals surface area contributed by atoms with Crippen LogP contribution in [-0.2, 0) is 0 Å². The van der Waals surface area contributed by atoms with E-state index in [-0.39, 0.29) is 5.56 Å². The number of aryl methyl sites for hydroxylation is 1. The number of nitrogens with zero attached hydrogens (tertiary/aromatic N) is 3. The molecule has 2 heterocycles. The second-order valence-electron chi connectivity index (χ2n) is 4.91. The van der Waals surface area contributed by atoms with Crippen molar-refractivity contribution in [3.8, 4) is 0 Å². The molecule has 5 heteroatoms. The molecule has 1 N–H and O–H groups in total. The number of nitrogens with one attached hydrogen (secondary N) is 1. The van der Waals surface area contributed by atoms with E-state index in [1.807, 2.05) is 0 Å². The molecule has 0 saturated carbocycles. The molecule has 0 aliphatic carbocycles. The summed E-state index contributed by atoms with van der Waals surface area (Å²) in [6, 6.07) is 0. The molecule has 1 aromatic heterocycles. The van der Waals surface area contributed by atoms with Gasteiger partial charge < -0.3 is 4.90 Å². The molecule has 1 fully saturated rings. The van der Waals surface area contributed by atoms with Crippen LogP contribution in [0.25, 0.3) is 0 Å². The minimum atomic E-state index is -0.143. The van der Waals surface area contributed by atoms with Crippen LogP contribution >= 0.6 is 0 Å². The first kappa shape index (κ1) is 11.1. The molecule has 2 atom stereocenters. The number of rotatable bonds is 1. The summed E-state index contributed by atoms with van der Waals surface area (Å²) in [6.07, 6.45) is 1.24. The van der Waals surface area contributed by atoms with E-state index in [0.29, 0.717) is 23.5 Å². The van der Waals surface area contributed by atoms with Crippen LogP contribution in [0.5, 0.6) is 0 Å². The summed E-state index contributed by atoms with van der Waals surface area (Å²) in [5, 5.41) is 7.92. The average molecular weight is 222 g/mol. The van der Waals surface area contributed by atoms with Gasteiger partial charge in [-0.25, -0.2) is 0 Å². The Kier molecular flexibility index (Phi) is 2.94. The predicted octanol–water partition coefficient (Wildman–Crippen LogP) is 0.956. The monoisotopic (exact) mass is 222 g/mol. The molecule has 16 heavy (non-hydrogen) atoms. The second kappa shape index (κ2) is 4.23. The van der Waals surface area contributed by atoms with E-state index in [0.717, 1.165) is 13.1 Å². The SMILES string of the molecule is Cc1nnc(N2CC(C)CC(C)C2)[nH]c1=O. The molecule has 2 unspecified atom stereocenters. The Balaban J connectivity index is 2.23. The maximum atomic E-state index is 11.5. The zero-order valence-corrected chi connectivity index (χ0v) is 10.0. The number of hydrogen-bond acceptors (Lipinski definition) is 4. The molecule has 1 aliphatic heterocycles. The van der Waals surface area contributed by atoms with E-state index in [1.165, 1.54) is 6.42 Å². The molecule has 0 bridgehead atoms. The zero-order valence-electron chi connectivity index (χ0n) is 10.0. The molecule has 0 spiro atoms. The quantitative estimate of drug-likeness (QED) is 0.768. The summed E-state index contributed by atoms with van der Waals surface area (Å²) in [5.74, 6) is 1.87. The number of H-pyrrole nitrogens is 1. The Morgan fingerprint density at radius 2 is 1.88 bits per heavy atom. The first-order valence-electron chi connectivity index (χ1n) is 5.75. The molecule has 88 valence electrons. The van der Waals surface area contributed by atoms with Crippen LogP contribution in [0.1, 0.15) is 26.0 Å². The molecule has 0 radical (unpaired) electrons. The van der Waals surface area contributed by atoms with Gasteiger partial charge in [-0.05, 0) is 25.2 Å². The number of aromatic amines is 1. The minimum absolute atomic E-state index is 0.143. The third kappa shape index (κ3) is 2.23. The van der Waals surface area contributed by atoms with Gasteiger partial charge in [0, 0.05) is 13.1 Å². The van der Waals surface area contributed by atoms with Gasteiger partial charge in [-0.3, -0.25) is 9.78 Å². The van der Waals surface area contributed by atoms with Crippen molar-refractivity contribution in [3.63, 3.8) is 0 Å². The summed E-state index contributed by atoms with van der Waals surface area (Å²) in [6.45, 7) is 8.00. The lowest BCUT2D eigenvalue weighted by Crippen LogP contribution is -2.40. The van der Waals surface area contributed by atoms with Crippen LogP contribution in [-0.4, -0.2) is 28.3 Å². The van der Waals surface area contributed by atoms with Gasteiger partial charge in [-0.2, -0.15) is 0 Å². The van der Waals surface area contributed by atoms with Crippen LogP contribution in [0.15, 0.2) is 4.79 Å². The van der Waals surface area contributed by atoms with Gasteiger partial charge in [-0.15, -0.1) is 10.2 Å². The molecule has 0 aromatic carbocycles. The van der Waals surface area contributed by atoms with E-state index >= 15 is 0 Å². The minimum Gasteiger partial charge on any atom is -0.341 e. The summed E-state index contributed by atoms with van der Waals surface area (Å²) >= 11 is 0. The first-order chi connectivity index (χ1) is 7.56. The van der Waals surface area contributed by atoms with Crippen molar-refractivity contribution in [1.29, 1.82) is 0 Å². The lowest BCUT2D eigenvalue weighted by atomic mass is 9.92. The summed E-state index contributed by atoms with van der Waals surface area (Å²) in [4.78, 5) is 16.4. The highest BCUT2D eigenvalue weighted by Gasteiger charge is 2.23. The van der Waals surface area contributed by atoms with E-state index < -0.39 is 0 Å². The van der Waals surface area contributed by atoms with Crippen LogP contribution in [0.4, 0.5) is 5.95 Å². The third-order valence-corrected chi connectivity index (χ3v) is 3.02. The van der Waals surface area contributed by atoms with Crippen LogP contribution < -0.4 is 10.5 Å². The number of aromatic nitrogens is 3. The molecule has 2 rings (SSSR count). The lowest BCUT2D eigenvalue weighted by Gasteiger charge is -2.34. The first-order valence-corrected chi connectivity index (χ1v) is 5.75. The van der Waals surface area contributed by atoms with Crippen molar-refractivity contribution >= 4 is 5.95 Å². The Morgan fingerprint density at radius 1 is 1.25 bits per heavy atom.